The van der Waals surface area contributed by atoms with Gasteiger partial charge in [-0.1, -0.05) is 11.6 Å². The van der Waals surface area contributed by atoms with Crippen LogP contribution in [0, 0.1) is 0 Å². The lowest BCUT2D eigenvalue weighted by atomic mass is 10.1. The van der Waals surface area contributed by atoms with Crippen molar-refractivity contribution in [2.45, 2.75) is 32.4 Å². The molecule has 0 radical (unpaired) electrons. The molecule has 0 bridgehead atoms. The number of anilines is 2. The zero-order valence-corrected chi connectivity index (χ0v) is 11.5. The van der Waals surface area contributed by atoms with Crippen LogP contribution in [0.2, 0.25) is 5.02 Å². The number of halogens is 1. The number of methoxy groups -OCH3 is 1. The van der Waals surface area contributed by atoms with Gasteiger partial charge in [0.1, 0.15) is 0 Å². The van der Waals surface area contributed by atoms with Gasteiger partial charge in [-0.3, -0.25) is 4.79 Å². The van der Waals surface area contributed by atoms with Crippen LogP contribution >= 0.6 is 11.6 Å². The molecule has 2 rings (SSSR count). The summed E-state index contributed by atoms with van der Waals surface area (Å²) in [5.74, 6) is 0.0107. The summed E-state index contributed by atoms with van der Waals surface area (Å²) in [6, 6.07) is 3.85. The molecule has 2 N–H and O–H groups in total. The second kappa shape index (κ2) is 5.16. The molecule has 98 valence electrons. The molecule has 1 heterocycles. The Morgan fingerprint density at radius 2 is 2.17 bits per heavy atom. The highest BCUT2D eigenvalue weighted by Gasteiger charge is 2.20. The molecule has 1 amide bonds. The molecule has 1 aromatic carbocycles. The number of nitrogens with one attached hydrogen (secondary N) is 2. The van der Waals surface area contributed by atoms with Crippen molar-refractivity contribution < 1.29 is 9.53 Å². The third kappa shape index (κ3) is 2.60. The number of fused-ring (bicyclic) bond motifs is 1. The van der Waals surface area contributed by atoms with Gasteiger partial charge in [0.25, 0.3) is 0 Å². The van der Waals surface area contributed by atoms with E-state index in [-0.39, 0.29) is 18.1 Å². The Labute approximate surface area is 112 Å². The Hall–Kier alpha value is -1.26. The fourth-order valence-electron chi connectivity index (χ4n) is 1.93. The largest absolute Gasteiger partial charge is 0.380 e. The molecule has 0 fully saturated rings. The van der Waals surface area contributed by atoms with Crippen molar-refractivity contribution in [1.29, 1.82) is 0 Å². The van der Waals surface area contributed by atoms with Crippen molar-refractivity contribution in [1.82, 2.24) is 0 Å². The second-order valence-corrected chi connectivity index (χ2v) is 5.00. The van der Waals surface area contributed by atoms with Crippen LogP contribution in [0.4, 0.5) is 11.4 Å². The number of hydrogen-bond donors (Lipinski definition) is 2. The van der Waals surface area contributed by atoms with E-state index in [1.165, 1.54) is 0 Å². The first kappa shape index (κ1) is 13.2. The molecule has 0 spiro atoms. The van der Waals surface area contributed by atoms with Gasteiger partial charge < -0.3 is 15.4 Å². The minimum Gasteiger partial charge on any atom is -0.380 e. The molecule has 5 heteroatoms. The van der Waals surface area contributed by atoms with E-state index in [1.807, 2.05) is 19.9 Å². The Balaban J connectivity index is 2.20. The second-order valence-electron chi connectivity index (χ2n) is 4.59. The van der Waals surface area contributed by atoms with Crippen LogP contribution in [-0.4, -0.2) is 25.2 Å². The van der Waals surface area contributed by atoms with E-state index in [9.17, 15) is 4.79 Å². The molecule has 4 nitrogen and oxygen atoms in total. The quantitative estimate of drug-likeness (QED) is 0.883. The van der Waals surface area contributed by atoms with Gasteiger partial charge in [-0.15, -0.1) is 0 Å². The molecule has 0 saturated carbocycles. The molecule has 1 aliphatic heterocycles. The molecule has 18 heavy (non-hydrogen) atoms. The van der Waals surface area contributed by atoms with Crippen LogP contribution in [-0.2, 0) is 16.0 Å². The third-order valence-corrected chi connectivity index (χ3v) is 3.59. The van der Waals surface area contributed by atoms with Crippen LogP contribution in [0.25, 0.3) is 0 Å². The van der Waals surface area contributed by atoms with Gasteiger partial charge in [0.05, 0.1) is 23.2 Å². The average Bonchev–Trinajstić information content (AvgIpc) is 2.67. The molecule has 0 saturated heterocycles. The number of carbonyl (C=O) groups is 1. The average molecular weight is 269 g/mol. The van der Waals surface area contributed by atoms with Crippen LogP contribution in [0.3, 0.4) is 0 Å². The standard InChI is InChI=1S/C13H17ClN2O2/c1-7(8(2)18-3)15-12-4-9-5-13(17)16-11(9)6-10(12)14/h4,6-8,15H,5H2,1-3H3,(H,16,17). The highest BCUT2D eigenvalue weighted by Crippen LogP contribution is 2.33. The predicted octanol–water partition coefficient (Wildman–Crippen LogP) is 2.67. The normalized spacial score (nSPS) is 17.0. The highest BCUT2D eigenvalue weighted by atomic mass is 35.5. The summed E-state index contributed by atoms with van der Waals surface area (Å²) in [5.41, 5.74) is 2.62. The van der Waals surface area contributed by atoms with Crippen molar-refractivity contribution in [2.24, 2.45) is 0 Å². The number of amides is 1. The maximum Gasteiger partial charge on any atom is 0.228 e. The van der Waals surface area contributed by atoms with Gasteiger partial charge >= 0.3 is 0 Å². The lowest BCUT2D eigenvalue weighted by molar-refractivity contribution is -0.115. The zero-order chi connectivity index (χ0) is 13.3. The monoisotopic (exact) mass is 268 g/mol. The number of benzene rings is 1. The molecule has 2 unspecified atom stereocenters. The maximum atomic E-state index is 11.3. The molecule has 1 aliphatic rings. The topological polar surface area (TPSA) is 50.4 Å². The van der Waals surface area contributed by atoms with Gasteiger partial charge in [0, 0.05) is 18.8 Å². The molecular formula is C13H17ClN2O2. The van der Waals surface area contributed by atoms with Gasteiger partial charge in [-0.2, -0.15) is 0 Å². The Morgan fingerprint density at radius 1 is 1.44 bits per heavy atom. The summed E-state index contributed by atoms with van der Waals surface area (Å²) in [5, 5.41) is 6.69. The molecule has 0 aliphatic carbocycles. The predicted molar refractivity (Wildman–Crippen MR) is 73.3 cm³/mol. The number of carbonyl (C=O) groups excluding carboxylic acids is 1. The molecular weight excluding hydrogens is 252 g/mol. The minimum absolute atomic E-state index is 0.0107. The summed E-state index contributed by atoms with van der Waals surface area (Å²) in [6.45, 7) is 4.02. The summed E-state index contributed by atoms with van der Waals surface area (Å²) < 4.78 is 5.26. The van der Waals surface area contributed by atoms with E-state index >= 15 is 0 Å². The van der Waals surface area contributed by atoms with Gasteiger partial charge in [-0.25, -0.2) is 0 Å². The fraction of sp³-hybridized carbons (Fsp3) is 0.462. The van der Waals surface area contributed by atoms with Crippen LogP contribution in [0.1, 0.15) is 19.4 Å². The number of hydrogen-bond acceptors (Lipinski definition) is 3. The number of ether oxygens (including phenoxy) is 1. The SMILES string of the molecule is COC(C)C(C)Nc1cc2c(cc1Cl)NC(=O)C2. The molecule has 0 aromatic heterocycles. The third-order valence-electron chi connectivity index (χ3n) is 3.28. The zero-order valence-electron chi connectivity index (χ0n) is 10.7. The highest BCUT2D eigenvalue weighted by molar-refractivity contribution is 6.33. The van der Waals surface area contributed by atoms with E-state index in [4.69, 9.17) is 16.3 Å². The minimum atomic E-state index is 0.0107. The van der Waals surface area contributed by atoms with Crippen molar-refractivity contribution >= 4 is 28.9 Å². The first-order valence-corrected chi connectivity index (χ1v) is 6.30. The van der Waals surface area contributed by atoms with E-state index in [0.717, 1.165) is 16.9 Å². The van der Waals surface area contributed by atoms with Crippen molar-refractivity contribution in [3.8, 4) is 0 Å². The van der Waals surface area contributed by atoms with Crippen molar-refractivity contribution in [3.05, 3.63) is 22.7 Å². The fourth-order valence-corrected chi connectivity index (χ4v) is 2.14. The first-order valence-electron chi connectivity index (χ1n) is 5.93. The summed E-state index contributed by atoms with van der Waals surface area (Å²) >= 11 is 6.19. The summed E-state index contributed by atoms with van der Waals surface area (Å²) in [4.78, 5) is 11.3. The van der Waals surface area contributed by atoms with Gasteiger partial charge in [0.2, 0.25) is 5.91 Å². The van der Waals surface area contributed by atoms with Crippen molar-refractivity contribution in [3.63, 3.8) is 0 Å². The van der Waals surface area contributed by atoms with Gasteiger partial charge in [0.15, 0.2) is 0 Å². The summed E-state index contributed by atoms with van der Waals surface area (Å²) in [7, 11) is 1.68. The smallest absolute Gasteiger partial charge is 0.228 e. The lowest BCUT2D eigenvalue weighted by Crippen LogP contribution is -2.29. The Kier molecular flexibility index (Phi) is 3.78. The van der Waals surface area contributed by atoms with E-state index in [1.54, 1.807) is 13.2 Å². The van der Waals surface area contributed by atoms with Gasteiger partial charge in [-0.05, 0) is 31.5 Å². The molecule has 2 atom stereocenters. The lowest BCUT2D eigenvalue weighted by Gasteiger charge is -2.22. The van der Waals surface area contributed by atoms with Crippen LogP contribution < -0.4 is 10.6 Å². The Bertz CT molecular complexity index is 476. The first-order chi connectivity index (χ1) is 8.51. The Morgan fingerprint density at radius 3 is 2.83 bits per heavy atom. The summed E-state index contributed by atoms with van der Waals surface area (Å²) in [6.07, 6.45) is 0.490. The number of rotatable bonds is 4. The van der Waals surface area contributed by atoms with Crippen molar-refractivity contribution in [2.75, 3.05) is 17.7 Å². The van der Waals surface area contributed by atoms with Crippen LogP contribution in [0.5, 0.6) is 0 Å². The van der Waals surface area contributed by atoms with Crippen LogP contribution in [0.15, 0.2) is 12.1 Å². The van der Waals surface area contributed by atoms with E-state index < -0.39 is 0 Å². The maximum absolute atomic E-state index is 11.3. The molecule has 1 aromatic rings. The van der Waals surface area contributed by atoms with E-state index in [2.05, 4.69) is 10.6 Å². The van der Waals surface area contributed by atoms with E-state index in [0.29, 0.717) is 11.4 Å².